The van der Waals surface area contributed by atoms with E-state index in [4.69, 9.17) is 4.52 Å². The van der Waals surface area contributed by atoms with Crippen LogP contribution in [0.1, 0.15) is 63.6 Å². The molecule has 1 aliphatic rings. The zero-order valence-corrected chi connectivity index (χ0v) is 11.9. The molecule has 0 aromatic carbocycles. The first-order valence-corrected chi connectivity index (χ1v) is 7.84. The maximum atomic E-state index is 10.1. The molecule has 0 spiro atoms. The molecule has 0 aliphatic heterocycles. The highest BCUT2D eigenvalue weighted by Gasteiger charge is 2.28. The minimum absolute atomic E-state index is 0.0396. The van der Waals surface area contributed by atoms with Crippen molar-refractivity contribution in [2.45, 2.75) is 69.0 Å². The molecule has 1 saturated carbocycles. The molecule has 1 aromatic heterocycles. The van der Waals surface area contributed by atoms with Crippen molar-refractivity contribution in [3.05, 3.63) is 11.7 Å². The molecule has 0 amide bonds. The maximum absolute atomic E-state index is 10.1. The third-order valence-electron chi connectivity index (χ3n) is 3.33. The van der Waals surface area contributed by atoms with Crippen LogP contribution in [0.3, 0.4) is 0 Å². The molecule has 5 heteroatoms. The molecular formula is C13H22N2O2S. The van der Waals surface area contributed by atoms with Crippen LogP contribution in [-0.2, 0) is 5.75 Å². The Kier molecular flexibility index (Phi) is 5.06. The van der Waals surface area contributed by atoms with E-state index >= 15 is 0 Å². The molecule has 2 atom stereocenters. The van der Waals surface area contributed by atoms with Crippen molar-refractivity contribution >= 4 is 11.8 Å². The smallest absolute Gasteiger partial charge is 0.232 e. The Labute approximate surface area is 113 Å². The highest BCUT2D eigenvalue weighted by molar-refractivity contribution is 7.99. The summed E-state index contributed by atoms with van der Waals surface area (Å²) in [6, 6.07) is 0. The van der Waals surface area contributed by atoms with Crippen molar-refractivity contribution in [3.63, 3.8) is 0 Å². The molecule has 1 aromatic rings. The lowest BCUT2D eigenvalue weighted by Crippen LogP contribution is -2.17. The van der Waals surface area contributed by atoms with E-state index in [1.807, 2.05) is 0 Å². The van der Waals surface area contributed by atoms with E-state index in [0.717, 1.165) is 37.3 Å². The molecule has 2 rings (SSSR count). The molecular weight excluding hydrogens is 248 g/mol. The van der Waals surface area contributed by atoms with Gasteiger partial charge in [-0.2, -0.15) is 16.7 Å². The first-order valence-electron chi connectivity index (χ1n) is 6.79. The Balaban J connectivity index is 1.99. The predicted molar refractivity (Wildman–Crippen MR) is 72.6 cm³/mol. The molecule has 1 heterocycles. The summed E-state index contributed by atoms with van der Waals surface area (Å²) >= 11 is 1.80. The van der Waals surface area contributed by atoms with Crippen LogP contribution in [-0.4, -0.2) is 26.6 Å². The monoisotopic (exact) mass is 270 g/mol. The van der Waals surface area contributed by atoms with E-state index in [9.17, 15) is 5.11 Å². The Bertz CT molecular complexity index is 368. The number of hydrogen-bond acceptors (Lipinski definition) is 5. The summed E-state index contributed by atoms with van der Waals surface area (Å²) in [4.78, 5) is 4.44. The molecule has 0 saturated heterocycles. The number of aliphatic hydroxyl groups is 1. The van der Waals surface area contributed by atoms with E-state index in [2.05, 4.69) is 24.0 Å². The van der Waals surface area contributed by atoms with Gasteiger partial charge in [0, 0.05) is 0 Å². The number of nitrogens with zero attached hydrogens (tertiary/aromatic N) is 2. The van der Waals surface area contributed by atoms with Gasteiger partial charge in [0.05, 0.1) is 17.8 Å². The Morgan fingerprint density at radius 2 is 2.11 bits per heavy atom. The SMILES string of the molecule is CC(C)SCc1noc(C2CCCCCC2O)n1. The number of thioether (sulfide) groups is 1. The molecule has 0 radical (unpaired) electrons. The average molecular weight is 270 g/mol. The lowest BCUT2D eigenvalue weighted by atomic mass is 9.97. The first-order chi connectivity index (χ1) is 8.66. The highest BCUT2D eigenvalue weighted by Crippen LogP contribution is 2.31. The Morgan fingerprint density at radius 3 is 2.89 bits per heavy atom. The van der Waals surface area contributed by atoms with Gasteiger partial charge in [-0.1, -0.05) is 38.3 Å². The summed E-state index contributed by atoms with van der Waals surface area (Å²) in [7, 11) is 0. The summed E-state index contributed by atoms with van der Waals surface area (Å²) in [6.45, 7) is 4.31. The average Bonchev–Trinajstić information content (AvgIpc) is 2.69. The molecule has 18 heavy (non-hydrogen) atoms. The second-order valence-electron chi connectivity index (χ2n) is 5.22. The normalized spacial score (nSPS) is 25.3. The van der Waals surface area contributed by atoms with Crippen LogP contribution in [0.15, 0.2) is 4.52 Å². The third kappa shape index (κ3) is 3.72. The van der Waals surface area contributed by atoms with Crippen LogP contribution in [0, 0.1) is 0 Å². The van der Waals surface area contributed by atoms with Crippen LogP contribution in [0.2, 0.25) is 0 Å². The molecule has 1 N–H and O–H groups in total. The van der Waals surface area contributed by atoms with Crippen LogP contribution >= 0.6 is 11.8 Å². The third-order valence-corrected chi connectivity index (χ3v) is 4.42. The highest BCUT2D eigenvalue weighted by atomic mass is 32.2. The van der Waals surface area contributed by atoms with E-state index in [1.165, 1.54) is 6.42 Å². The Hall–Kier alpha value is -0.550. The van der Waals surface area contributed by atoms with E-state index in [1.54, 1.807) is 11.8 Å². The van der Waals surface area contributed by atoms with Gasteiger partial charge in [-0.05, 0) is 18.1 Å². The Morgan fingerprint density at radius 1 is 1.33 bits per heavy atom. The first kappa shape index (κ1) is 13.9. The van der Waals surface area contributed by atoms with Crippen molar-refractivity contribution in [3.8, 4) is 0 Å². The number of rotatable bonds is 4. The minimum Gasteiger partial charge on any atom is -0.392 e. The summed E-state index contributed by atoms with van der Waals surface area (Å²) in [5.41, 5.74) is 0. The van der Waals surface area contributed by atoms with Crippen LogP contribution in [0.4, 0.5) is 0 Å². The van der Waals surface area contributed by atoms with Gasteiger partial charge in [-0.25, -0.2) is 0 Å². The van der Waals surface area contributed by atoms with Crippen LogP contribution < -0.4 is 0 Å². The zero-order chi connectivity index (χ0) is 13.0. The van der Waals surface area contributed by atoms with E-state index in [0.29, 0.717) is 11.1 Å². The zero-order valence-electron chi connectivity index (χ0n) is 11.1. The lowest BCUT2D eigenvalue weighted by molar-refractivity contribution is 0.119. The van der Waals surface area contributed by atoms with Crippen molar-refractivity contribution in [2.24, 2.45) is 0 Å². The second kappa shape index (κ2) is 6.57. The quantitative estimate of drug-likeness (QED) is 0.852. The summed E-state index contributed by atoms with van der Waals surface area (Å²) < 4.78 is 5.33. The second-order valence-corrected chi connectivity index (χ2v) is 6.79. The number of aromatic nitrogens is 2. The fourth-order valence-electron chi connectivity index (χ4n) is 2.29. The van der Waals surface area contributed by atoms with Gasteiger partial charge in [-0.15, -0.1) is 0 Å². The van der Waals surface area contributed by atoms with E-state index in [-0.39, 0.29) is 12.0 Å². The summed E-state index contributed by atoms with van der Waals surface area (Å²) in [6.07, 6.45) is 4.92. The fraction of sp³-hybridized carbons (Fsp3) is 0.846. The van der Waals surface area contributed by atoms with Crippen LogP contribution in [0.25, 0.3) is 0 Å². The van der Waals surface area contributed by atoms with Crippen molar-refractivity contribution in [1.29, 1.82) is 0 Å². The van der Waals surface area contributed by atoms with Gasteiger partial charge in [0.2, 0.25) is 5.89 Å². The minimum atomic E-state index is -0.321. The lowest BCUT2D eigenvalue weighted by Gasteiger charge is -2.15. The van der Waals surface area contributed by atoms with Crippen molar-refractivity contribution in [1.82, 2.24) is 10.1 Å². The molecule has 4 nitrogen and oxygen atoms in total. The molecule has 102 valence electrons. The number of aliphatic hydroxyl groups excluding tert-OH is 1. The van der Waals surface area contributed by atoms with Crippen molar-refractivity contribution < 1.29 is 9.63 Å². The molecule has 1 aliphatic carbocycles. The van der Waals surface area contributed by atoms with E-state index < -0.39 is 0 Å². The van der Waals surface area contributed by atoms with Gasteiger partial charge >= 0.3 is 0 Å². The topological polar surface area (TPSA) is 59.2 Å². The summed E-state index contributed by atoms with van der Waals surface area (Å²) in [5, 5.41) is 14.7. The summed E-state index contributed by atoms with van der Waals surface area (Å²) in [5.74, 6) is 2.20. The largest absolute Gasteiger partial charge is 0.392 e. The van der Waals surface area contributed by atoms with Gasteiger partial charge in [-0.3, -0.25) is 0 Å². The van der Waals surface area contributed by atoms with Crippen LogP contribution in [0.5, 0.6) is 0 Å². The van der Waals surface area contributed by atoms with Crippen molar-refractivity contribution in [2.75, 3.05) is 0 Å². The molecule has 2 unspecified atom stereocenters. The molecule has 1 fully saturated rings. The van der Waals surface area contributed by atoms with Gasteiger partial charge in [0.1, 0.15) is 0 Å². The maximum Gasteiger partial charge on any atom is 0.232 e. The van der Waals surface area contributed by atoms with Gasteiger partial charge in [0.15, 0.2) is 5.82 Å². The number of hydrogen-bond donors (Lipinski definition) is 1. The standard InChI is InChI=1S/C13H22N2O2S/c1-9(2)18-8-12-14-13(17-15-12)10-6-4-3-5-7-11(10)16/h9-11,16H,3-8H2,1-2H3. The predicted octanol–water partition coefficient (Wildman–Crippen LogP) is 3.12. The van der Waals surface area contributed by atoms with Gasteiger partial charge in [0.25, 0.3) is 0 Å². The molecule has 0 bridgehead atoms. The fourth-order valence-corrected chi connectivity index (χ4v) is 2.89. The van der Waals surface area contributed by atoms with Gasteiger partial charge < -0.3 is 9.63 Å².